The summed E-state index contributed by atoms with van der Waals surface area (Å²) in [5.74, 6) is 0. The van der Waals surface area contributed by atoms with E-state index >= 15 is 0 Å². The van der Waals surface area contributed by atoms with Crippen LogP contribution < -0.4 is 0 Å². The van der Waals surface area contributed by atoms with E-state index in [9.17, 15) is 0 Å². The van der Waals surface area contributed by atoms with Crippen molar-refractivity contribution in [3.63, 3.8) is 0 Å². The van der Waals surface area contributed by atoms with Gasteiger partial charge in [-0.3, -0.25) is 0 Å². The lowest BCUT2D eigenvalue weighted by Gasteiger charge is -2.24. The van der Waals surface area contributed by atoms with Crippen molar-refractivity contribution < 1.29 is 0 Å². The molecule has 2 aliphatic rings. The fraction of sp³-hybridized carbons (Fsp3) is 0.100. The highest BCUT2D eigenvalue weighted by molar-refractivity contribution is 6.24. The smallest absolute Gasteiger partial charge is 0.0159 e. The standard InChI is InChI=1S/C60H44/c1-59(2)53-29-14-12-25-49(53)58-50(27-16-30-54(58)59)57-47-24-10-9-23-46(47)56(48-34-32-38(35-51(48)57)41-26-15-18-37-17-5-6-19-40(37)41)45-22-8-7-20-42(45)39-31-33-44-43-21-11-13-28-52(43)60(3,4)55(44)36-39/h5-36H,1-4H3. The zero-order valence-corrected chi connectivity index (χ0v) is 34.5. The van der Waals surface area contributed by atoms with Gasteiger partial charge in [0.1, 0.15) is 0 Å². The molecule has 0 spiro atoms. The highest BCUT2D eigenvalue weighted by atomic mass is 14.4. The summed E-state index contributed by atoms with van der Waals surface area (Å²) in [5.41, 5.74) is 20.9. The summed E-state index contributed by atoms with van der Waals surface area (Å²) < 4.78 is 0. The first-order chi connectivity index (χ1) is 29.3. The third kappa shape index (κ3) is 4.85. The van der Waals surface area contributed by atoms with Gasteiger partial charge in [0, 0.05) is 10.8 Å². The number of hydrogen-bond acceptors (Lipinski definition) is 0. The van der Waals surface area contributed by atoms with Crippen molar-refractivity contribution in [2.75, 3.05) is 0 Å². The fourth-order valence-electron chi connectivity index (χ4n) is 11.2. The van der Waals surface area contributed by atoms with Crippen molar-refractivity contribution in [1.29, 1.82) is 0 Å². The zero-order valence-electron chi connectivity index (χ0n) is 34.5. The molecule has 0 saturated heterocycles. The second kappa shape index (κ2) is 12.7. The van der Waals surface area contributed by atoms with E-state index in [4.69, 9.17) is 0 Å². The molecule has 0 fully saturated rings. The zero-order chi connectivity index (χ0) is 40.3. The molecule has 10 aromatic rings. The van der Waals surface area contributed by atoms with Crippen molar-refractivity contribution in [2.24, 2.45) is 0 Å². The Hall–Kier alpha value is -7.02. The quantitative estimate of drug-likeness (QED) is 0.157. The van der Waals surface area contributed by atoms with Crippen molar-refractivity contribution in [2.45, 2.75) is 38.5 Å². The Morgan fingerprint density at radius 1 is 0.250 bits per heavy atom. The van der Waals surface area contributed by atoms with Gasteiger partial charge in [-0.1, -0.05) is 210 Å². The Kier molecular flexibility index (Phi) is 7.42. The summed E-state index contributed by atoms with van der Waals surface area (Å²) in [6.07, 6.45) is 0. The molecule has 0 heterocycles. The largest absolute Gasteiger partial charge is 0.0619 e. The van der Waals surface area contributed by atoms with Gasteiger partial charge in [-0.05, 0) is 133 Å². The van der Waals surface area contributed by atoms with Gasteiger partial charge >= 0.3 is 0 Å². The van der Waals surface area contributed by atoms with E-state index in [0.29, 0.717) is 0 Å². The minimum absolute atomic E-state index is 0.0843. The maximum atomic E-state index is 2.49. The second-order valence-corrected chi connectivity index (χ2v) is 18.0. The SMILES string of the molecule is CC1(C)c2ccccc2-c2ccc(-c3ccccc3-c3c4ccccc4c(-c4cccc5c4-c4ccccc4C5(C)C)c4cc(-c5cccc6ccccc56)ccc34)cc21. The minimum atomic E-state index is -0.105. The van der Waals surface area contributed by atoms with Gasteiger partial charge in [-0.2, -0.15) is 0 Å². The lowest BCUT2D eigenvalue weighted by atomic mass is 9.79. The molecule has 0 amide bonds. The first-order valence-corrected chi connectivity index (χ1v) is 21.4. The van der Waals surface area contributed by atoms with E-state index in [-0.39, 0.29) is 10.8 Å². The molecule has 0 aromatic heterocycles. The molecule has 60 heavy (non-hydrogen) atoms. The Morgan fingerprint density at radius 2 is 0.717 bits per heavy atom. The number of hydrogen-bond donors (Lipinski definition) is 0. The normalized spacial score (nSPS) is 14.3. The Morgan fingerprint density at radius 3 is 1.50 bits per heavy atom. The molecule has 10 aromatic carbocycles. The third-order valence-corrected chi connectivity index (χ3v) is 14.1. The van der Waals surface area contributed by atoms with Crippen LogP contribution in [0.2, 0.25) is 0 Å². The molecule has 0 unspecified atom stereocenters. The van der Waals surface area contributed by atoms with Gasteiger partial charge in [0.15, 0.2) is 0 Å². The predicted molar refractivity (Wildman–Crippen MR) is 256 cm³/mol. The van der Waals surface area contributed by atoms with Crippen LogP contribution in [-0.4, -0.2) is 0 Å². The van der Waals surface area contributed by atoms with Crippen LogP contribution in [0.3, 0.4) is 0 Å². The van der Waals surface area contributed by atoms with Crippen molar-refractivity contribution in [1.82, 2.24) is 0 Å². The molecule has 0 saturated carbocycles. The van der Waals surface area contributed by atoms with Crippen molar-refractivity contribution in [3.05, 3.63) is 216 Å². The molecule has 12 rings (SSSR count). The summed E-state index contributed by atoms with van der Waals surface area (Å²) in [6, 6.07) is 73.2. The summed E-state index contributed by atoms with van der Waals surface area (Å²) in [4.78, 5) is 0. The van der Waals surface area contributed by atoms with Crippen molar-refractivity contribution in [3.8, 4) is 66.8 Å². The van der Waals surface area contributed by atoms with Crippen molar-refractivity contribution >= 4 is 32.3 Å². The summed E-state index contributed by atoms with van der Waals surface area (Å²) in [6.45, 7) is 9.52. The monoisotopic (exact) mass is 764 g/mol. The van der Waals surface area contributed by atoms with Gasteiger partial charge < -0.3 is 0 Å². The molecule has 0 atom stereocenters. The molecule has 0 heteroatoms. The first kappa shape index (κ1) is 35.0. The second-order valence-electron chi connectivity index (χ2n) is 18.0. The Bertz CT molecular complexity index is 3420. The predicted octanol–water partition coefficient (Wildman–Crippen LogP) is 16.4. The molecule has 0 bridgehead atoms. The van der Waals surface area contributed by atoms with E-state index in [1.54, 1.807) is 0 Å². The molecule has 284 valence electrons. The maximum absolute atomic E-state index is 2.49. The third-order valence-electron chi connectivity index (χ3n) is 14.1. The molecule has 0 N–H and O–H groups in total. The highest BCUT2D eigenvalue weighted by Crippen LogP contribution is 2.56. The van der Waals surface area contributed by atoms with Gasteiger partial charge in [-0.25, -0.2) is 0 Å². The number of benzene rings is 10. The average Bonchev–Trinajstić information content (AvgIpc) is 3.67. The Labute approximate surface area is 352 Å². The first-order valence-electron chi connectivity index (χ1n) is 21.4. The van der Waals surface area contributed by atoms with Crippen LogP contribution in [0.5, 0.6) is 0 Å². The van der Waals surface area contributed by atoms with Crippen LogP contribution in [0, 0.1) is 0 Å². The van der Waals surface area contributed by atoms with E-state index in [1.807, 2.05) is 0 Å². The molecule has 0 radical (unpaired) electrons. The molecule has 0 nitrogen and oxygen atoms in total. The van der Waals surface area contributed by atoms with Crippen LogP contribution in [0.4, 0.5) is 0 Å². The topological polar surface area (TPSA) is 0 Å². The van der Waals surface area contributed by atoms with E-state index in [2.05, 4.69) is 222 Å². The Balaban J connectivity index is 1.18. The summed E-state index contributed by atoms with van der Waals surface area (Å²) in [7, 11) is 0. The van der Waals surface area contributed by atoms with Gasteiger partial charge in [0.05, 0.1) is 0 Å². The van der Waals surface area contributed by atoms with Gasteiger partial charge in [-0.15, -0.1) is 0 Å². The highest BCUT2D eigenvalue weighted by Gasteiger charge is 2.38. The maximum Gasteiger partial charge on any atom is 0.0159 e. The van der Waals surface area contributed by atoms with Gasteiger partial charge in [0.25, 0.3) is 0 Å². The lowest BCUT2D eigenvalue weighted by Crippen LogP contribution is -2.14. The molecule has 2 aliphatic carbocycles. The summed E-state index contributed by atoms with van der Waals surface area (Å²) in [5, 5.41) is 7.59. The average molecular weight is 765 g/mol. The number of fused-ring (bicyclic) bond motifs is 9. The molecular formula is C60H44. The van der Waals surface area contributed by atoms with Crippen LogP contribution in [0.25, 0.3) is 99.1 Å². The summed E-state index contributed by atoms with van der Waals surface area (Å²) >= 11 is 0. The van der Waals surface area contributed by atoms with E-state index in [0.717, 1.165) is 0 Å². The van der Waals surface area contributed by atoms with Crippen LogP contribution in [0.15, 0.2) is 194 Å². The molecular weight excluding hydrogens is 721 g/mol. The van der Waals surface area contributed by atoms with E-state index < -0.39 is 0 Å². The van der Waals surface area contributed by atoms with E-state index in [1.165, 1.54) is 121 Å². The fourth-order valence-corrected chi connectivity index (χ4v) is 11.2. The van der Waals surface area contributed by atoms with Crippen LogP contribution in [-0.2, 0) is 10.8 Å². The minimum Gasteiger partial charge on any atom is -0.0619 e. The van der Waals surface area contributed by atoms with Gasteiger partial charge in [0.2, 0.25) is 0 Å². The van der Waals surface area contributed by atoms with Crippen LogP contribution >= 0.6 is 0 Å². The molecule has 0 aliphatic heterocycles. The number of rotatable bonds is 4. The van der Waals surface area contributed by atoms with Crippen LogP contribution in [0.1, 0.15) is 49.9 Å². The lowest BCUT2D eigenvalue weighted by molar-refractivity contribution is 0.660.